The van der Waals surface area contributed by atoms with Crippen LogP contribution in [-0.2, 0) is 16.1 Å². The fraction of sp³-hybridized carbons (Fsp3) is 0.333. The minimum absolute atomic E-state index is 0.0671. The second-order valence-electron chi connectivity index (χ2n) is 8.86. The molecule has 1 aliphatic rings. The number of thiazole rings is 1. The number of carbonyl (C=O) groups is 3. The zero-order valence-corrected chi connectivity index (χ0v) is 20.6. The Kier molecular flexibility index (Phi) is 7.92. The van der Waals surface area contributed by atoms with Gasteiger partial charge in [0, 0.05) is 19.0 Å². The lowest BCUT2D eigenvalue weighted by Gasteiger charge is -2.29. The fourth-order valence-electron chi connectivity index (χ4n) is 4.29. The van der Waals surface area contributed by atoms with Gasteiger partial charge in [0.15, 0.2) is 10.8 Å². The second kappa shape index (κ2) is 11.3. The molecule has 7 nitrogen and oxygen atoms in total. The SMILES string of the molecule is C=C(C)C[C@H](NC(=O)OCc1ccccc1)C(=O)N1CCCC1CC(=O)c1nc2ccccc2s1. The van der Waals surface area contributed by atoms with E-state index in [1.54, 1.807) is 4.90 Å². The van der Waals surface area contributed by atoms with Gasteiger partial charge in [0.2, 0.25) is 5.91 Å². The summed E-state index contributed by atoms with van der Waals surface area (Å²) in [6.45, 7) is 6.38. The predicted octanol–water partition coefficient (Wildman–Crippen LogP) is 5.12. The standard InChI is InChI=1S/C27H29N3O4S/c1-18(2)15-22(29-27(33)34-17-19-9-4-3-5-10-19)26(32)30-14-8-11-20(30)16-23(31)25-28-21-12-6-7-13-24(21)35-25/h3-7,9-10,12-13,20,22H,1,8,11,14-17H2,2H3,(H,29,33)/t20?,22-/m0/s1. The molecule has 2 atom stereocenters. The van der Waals surface area contributed by atoms with E-state index in [0.717, 1.165) is 34.2 Å². The van der Waals surface area contributed by atoms with E-state index in [1.165, 1.54) is 11.3 Å². The normalized spacial score (nSPS) is 16.1. The van der Waals surface area contributed by atoms with Crippen molar-refractivity contribution >= 4 is 39.3 Å². The van der Waals surface area contributed by atoms with Crippen LogP contribution in [0.25, 0.3) is 10.2 Å². The summed E-state index contributed by atoms with van der Waals surface area (Å²) in [5.74, 6) is -0.285. The van der Waals surface area contributed by atoms with Gasteiger partial charge in [0.05, 0.1) is 10.2 Å². The minimum Gasteiger partial charge on any atom is -0.445 e. The van der Waals surface area contributed by atoms with Crippen LogP contribution in [-0.4, -0.2) is 46.3 Å². The number of hydrogen-bond donors (Lipinski definition) is 1. The Morgan fingerprint density at radius 3 is 2.66 bits per heavy atom. The fourth-order valence-corrected chi connectivity index (χ4v) is 5.20. The molecule has 2 heterocycles. The monoisotopic (exact) mass is 491 g/mol. The molecule has 8 heteroatoms. The molecule has 1 saturated heterocycles. The predicted molar refractivity (Wildman–Crippen MR) is 136 cm³/mol. The van der Waals surface area contributed by atoms with Gasteiger partial charge in [-0.3, -0.25) is 9.59 Å². The van der Waals surface area contributed by atoms with Crippen molar-refractivity contribution in [1.82, 2.24) is 15.2 Å². The molecule has 0 spiro atoms. The average Bonchev–Trinajstić information content (AvgIpc) is 3.49. The molecular formula is C27H29N3O4S. The highest BCUT2D eigenvalue weighted by Crippen LogP contribution is 2.27. The van der Waals surface area contributed by atoms with Gasteiger partial charge in [-0.25, -0.2) is 9.78 Å². The number of fused-ring (bicyclic) bond motifs is 1. The molecule has 0 saturated carbocycles. The number of para-hydroxylation sites is 1. The molecule has 4 rings (SSSR count). The van der Waals surface area contributed by atoms with E-state index < -0.39 is 12.1 Å². The molecule has 1 fully saturated rings. The highest BCUT2D eigenvalue weighted by atomic mass is 32.1. The van der Waals surface area contributed by atoms with Crippen LogP contribution in [0.2, 0.25) is 0 Å². The number of nitrogens with zero attached hydrogens (tertiary/aromatic N) is 2. The molecule has 2 aromatic carbocycles. The zero-order valence-electron chi connectivity index (χ0n) is 19.7. The molecule has 1 N–H and O–H groups in total. The Bertz CT molecular complexity index is 1190. The third-order valence-corrected chi connectivity index (χ3v) is 7.05. The van der Waals surface area contributed by atoms with Crippen LogP contribution in [0.1, 0.15) is 48.0 Å². The smallest absolute Gasteiger partial charge is 0.408 e. The van der Waals surface area contributed by atoms with Gasteiger partial charge in [-0.15, -0.1) is 17.9 Å². The number of likely N-dealkylation sites (tertiary alicyclic amines) is 1. The summed E-state index contributed by atoms with van der Waals surface area (Å²) in [6.07, 6.45) is 1.40. The van der Waals surface area contributed by atoms with Crippen molar-refractivity contribution in [2.45, 2.75) is 51.3 Å². The molecule has 35 heavy (non-hydrogen) atoms. The lowest BCUT2D eigenvalue weighted by Crippen LogP contribution is -2.50. The van der Waals surface area contributed by atoms with Gasteiger partial charge in [-0.2, -0.15) is 0 Å². The summed E-state index contributed by atoms with van der Waals surface area (Å²) in [7, 11) is 0. The van der Waals surface area contributed by atoms with Crippen molar-refractivity contribution < 1.29 is 19.1 Å². The van der Waals surface area contributed by atoms with Crippen molar-refractivity contribution in [2.75, 3.05) is 6.54 Å². The Morgan fingerprint density at radius 1 is 1.17 bits per heavy atom. The number of benzene rings is 2. The summed E-state index contributed by atoms with van der Waals surface area (Å²) in [5, 5.41) is 3.17. The molecule has 1 aromatic heterocycles. The van der Waals surface area contributed by atoms with Gasteiger partial charge in [-0.1, -0.05) is 48.0 Å². The Morgan fingerprint density at radius 2 is 1.91 bits per heavy atom. The van der Waals surface area contributed by atoms with Crippen LogP contribution in [0.4, 0.5) is 4.79 Å². The Labute approximate surface area is 208 Å². The molecule has 0 radical (unpaired) electrons. The number of alkyl carbamates (subject to hydrolysis) is 1. The largest absolute Gasteiger partial charge is 0.445 e. The van der Waals surface area contributed by atoms with Gasteiger partial charge < -0.3 is 15.0 Å². The van der Waals surface area contributed by atoms with Crippen LogP contribution in [0.3, 0.4) is 0 Å². The first-order valence-corrected chi connectivity index (χ1v) is 12.5. The Hall–Kier alpha value is -3.52. The van der Waals surface area contributed by atoms with E-state index >= 15 is 0 Å². The lowest BCUT2D eigenvalue weighted by molar-refractivity contribution is -0.134. The van der Waals surface area contributed by atoms with Crippen molar-refractivity contribution in [3.8, 4) is 0 Å². The minimum atomic E-state index is -0.797. The number of nitrogens with one attached hydrogen (secondary N) is 1. The van der Waals surface area contributed by atoms with Gasteiger partial charge in [0.25, 0.3) is 0 Å². The van der Waals surface area contributed by atoms with Crippen molar-refractivity contribution in [3.05, 3.63) is 77.3 Å². The molecule has 0 bridgehead atoms. The van der Waals surface area contributed by atoms with Crippen molar-refractivity contribution in [2.24, 2.45) is 0 Å². The van der Waals surface area contributed by atoms with E-state index in [9.17, 15) is 14.4 Å². The second-order valence-corrected chi connectivity index (χ2v) is 9.89. The maximum absolute atomic E-state index is 13.5. The first kappa shape index (κ1) is 24.6. The first-order valence-electron chi connectivity index (χ1n) is 11.7. The summed E-state index contributed by atoms with van der Waals surface area (Å²) >= 11 is 1.38. The third-order valence-electron chi connectivity index (χ3n) is 5.97. The molecule has 3 aromatic rings. The highest BCUT2D eigenvalue weighted by Gasteiger charge is 2.35. The highest BCUT2D eigenvalue weighted by molar-refractivity contribution is 7.20. The quantitative estimate of drug-likeness (QED) is 0.331. The number of rotatable bonds is 9. The summed E-state index contributed by atoms with van der Waals surface area (Å²) in [4.78, 5) is 45.1. The number of hydrogen-bond acceptors (Lipinski definition) is 6. The molecule has 1 unspecified atom stereocenters. The zero-order chi connectivity index (χ0) is 24.8. The van der Waals surface area contributed by atoms with E-state index in [-0.39, 0.29) is 30.8 Å². The number of ketones is 1. The number of aromatic nitrogens is 1. The van der Waals surface area contributed by atoms with Crippen molar-refractivity contribution in [3.63, 3.8) is 0 Å². The van der Waals surface area contributed by atoms with Crippen LogP contribution in [0.15, 0.2) is 66.7 Å². The molecule has 0 aliphatic carbocycles. The molecular weight excluding hydrogens is 462 g/mol. The number of Topliss-reactive ketones (excluding diaryl/α,β-unsaturated/α-hetero) is 1. The maximum Gasteiger partial charge on any atom is 0.408 e. The topological polar surface area (TPSA) is 88.6 Å². The summed E-state index contributed by atoms with van der Waals surface area (Å²) in [5.41, 5.74) is 2.44. The Balaban J connectivity index is 1.40. The van der Waals surface area contributed by atoms with Gasteiger partial charge >= 0.3 is 6.09 Å². The van der Waals surface area contributed by atoms with Gasteiger partial charge in [0.1, 0.15) is 12.6 Å². The number of carbonyl (C=O) groups excluding carboxylic acids is 3. The summed E-state index contributed by atoms with van der Waals surface area (Å²) < 4.78 is 6.29. The number of ether oxygens (including phenoxy) is 1. The summed E-state index contributed by atoms with van der Waals surface area (Å²) in [6, 6.07) is 16.0. The van der Waals surface area contributed by atoms with Crippen molar-refractivity contribution in [1.29, 1.82) is 0 Å². The maximum atomic E-state index is 13.5. The van der Waals surface area contributed by atoms with E-state index in [1.807, 2.05) is 61.5 Å². The average molecular weight is 492 g/mol. The number of amides is 2. The molecule has 182 valence electrons. The van der Waals surface area contributed by atoms with E-state index in [0.29, 0.717) is 18.0 Å². The van der Waals surface area contributed by atoms with Gasteiger partial charge in [-0.05, 0) is 43.9 Å². The van der Waals surface area contributed by atoms with Crippen LogP contribution < -0.4 is 5.32 Å². The van der Waals surface area contributed by atoms with Crippen LogP contribution in [0.5, 0.6) is 0 Å². The van der Waals surface area contributed by atoms with Crippen LogP contribution >= 0.6 is 11.3 Å². The lowest BCUT2D eigenvalue weighted by atomic mass is 10.0. The third kappa shape index (κ3) is 6.33. The molecule has 2 amide bonds. The molecule has 1 aliphatic heterocycles. The van der Waals surface area contributed by atoms with Crippen LogP contribution in [0, 0.1) is 0 Å². The van der Waals surface area contributed by atoms with E-state index in [4.69, 9.17) is 4.74 Å². The first-order chi connectivity index (χ1) is 16.9. The van der Waals surface area contributed by atoms with E-state index in [2.05, 4.69) is 16.9 Å².